The van der Waals surface area contributed by atoms with Gasteiger partial charge in [-0.1, -0.05) is 23.2 Å². The number of pyridine rings is 2. The van der Waals surface area contributed by atoms with E-state index < -0.39 is 17.8 Å². The Morgan fingerprint density at radius 2 is 1.91 bits per heavy atom. The van der Waals surface area contributed by atoms with E-state index in [1.807, 2.05) is 0 Å². The Hall–Kier alpha value is -1.86. The Morgan fingerprint density at radius 1 is 1.23 bits per heavy atom. The minimum atomic E-state index is -4.60. The molecule has 22 heavy (non-hydrogen) atoms. The van der Waals surface area contributed by atoms with Crippen molar-refractivity contribution >= 4 is 29.2 Å². The highest BCUT2D eigenvalue weighted by Gasteiger charge is 2.33. The maximum Gasteiger partial charge on any atom is 0.433 e. The second-order valence-electron chi connectivity index (χ2n) is 4.07. The fraction of sp³-hybridized carbons (Fsp3) is 0.154. The summed E-state index contributed by atoms with van der Waals surface area (Å²) in [7, 11) is 1.15. The zero-order chi connectivity index (χ0) is 16.5. The van der Waals surface area contributed by atoms with Gasteiger partial charge < -0.3 is 4.74 Å². The number of methoxy groups -OCH3 is 1. The number of nitrogens with zero attached hydrogens (tertiary/aromatic N) is 2. The van der Waals surface area contributed by atoms with Gasteiger partial charge in [0.1, 0.15) is 5.69 Å². The van der Waals surface area contributed by atoms with Crippen molar-refractivity contribution in [3.63, 3.8) is 0 Å². The van der Waals surface area contributed by atoms with E-state index in [1.165, 1.54) is 12.1 Å². The molecule has 0 saturated heterocycles. The number of carbonyl (C=O) groups excluding carboxylic acids is 1. The molecule has 0 aromatic carbocycles. The molecule has 0 amide bonds. The van der Waals surface area contributed by atoms with Crippen LogP contribution in [-0.2, 0) is 10.9 Å². The number of hydrogen-bond acceptors (Lipinski definition) is 4. The van der Waals surface area contributed by atoms with Gasteiger partial charge in [-0.15, -0.1) is 0 Å². The molecular weight excluding hydrogens is 344 g/mol. The van der Waals surface area contributed by atoms with E-state index in [9.17, 15) is 18.0 Å². The summed E-state index contributed by atoms with van der Waals surface area (Å²) in [6, 6.07) is 3.46. The van der Waals surface area contributed by atoms with Crippen LogP contribution in [0, 0.1) is 0 Å². The molecule has 4 nitrogen and oxygen atoms in total. The predicted octanol–water partition coefficient (Wildman–Crippen LogP) is 4.26. The summed E-state index contributed by atoms with van der Waals surface area (Å²) in [5, 5.41) is -0.153. The number of rotatable bonds is 2. The van der Waals surface area contributed by atoms with Crippen molar-refractivity contribution < 1.29 is 22.7 Å². The van der Waals surface area contributed by atoms with Crippen molar-refractivity contribution in [1.82, 2.24) is 9.97 Å². The first kappa shape index (κ1) is 16.5. The third kappa shape index (κ3) is 3.31. The number of alkyl halides is 3. The molecule has 0 fully saturated rings. The van der Waals surface area contributed by atoms with Gasteiger partial charge in [-0.3, -0.25) is 4.98 Å². The van der Waals surface area contributed by atoms with Crippen LogP contribution in [0.3, 0.4) is 0 Å². The van der Waals surface area contributed by atoms with Gasteiger partial charge in [0, 0.05) is 11.8 Å². The van der Waals surface area contributed by atoms with Gasteiger partial charge >= 0.3 is 12.1 Å². The molecule has 2 rings (SSSR count). The fourth-order valence-electron chi connectivity index (χ4n) is 1.61. The van der Waals surface area contributed by atoms with E-state index in [0.29, 0.717) is 6.07 Å². The second kappa shape index (κ2) is 6.10. The van der Waals surface area contributed by atoms with Gasteiger partial charge in [-0.25, -0.2) is 9.78 Å². The smallest absolute Gasteiger partial charge is 0.433 e. The van der Waals surface area contributed by atoms with Gasteiger partial charge in [0.15, 0.2) is 5.69 Å². The Bertz CT molecular complexity index is 736. The predicted molar refractivity (Wildman–Crippen MR) is 73.8 cm³/mol. The van der Waals surface area contributed by atoms with Crippen molar-refractivity contribution in [2.45, 2.75) is 6.18 Å². The SMILES string of the molecule is COC(=O)c1nc(-c2cnc(C(F)(F)F)cc2Cl)ccc1Cl. The van der Waals surface area contributed by atoms with E-state index in [-0.39, 0.29) is 27.0 Å². The van der Waals surface area contributed by atoms with E-state index in [2.05, 4.69) is 14.7 Å². The lowest BCUT2D eigenvalue weighted by atomic mass is 10.1. The first-order valence-corrected chi connectivity index (χ1v) is 6.47. The van der Waals surface area contributed by atoms with Gasteiger partial charge in [0.2, 0.25) is 0 Å². The van der Waals surface area contributed by atoms with Crippen LogP contribution in [0.1, 0.15) is 16.2 Å². The van der Waals surface area contributed by atoms with E-state index in [4.69, 9.17) is 23.2 Å². The van der Waals surface area contributed by atoms with Crippen LogP contribution in [0.15, 0.2) is 24.4 Å². The van der Waals surface area contributed by atoms with Gasteiger partial charge in [0.25, 0.3) is 0 Å². The molecule has 2 aromatic heterocycles. The van der Waals surface area contributed by atoms with Crippen molar-refractivity contribution in [2.75, 3.05) is 7.11 Å². The van der Waals surface area contributed by atoms with Crippen LogP contribution in [0.5, 0.6) is 0 Å². The summed E-state index contributed by atoms with van der Waals surface area (Å²) in [6.45, 7) is 0. The van der Waals surface area contributed by atoms with E-state index >= 15 is 0 Å². The molecule has 0 spiro atoms. The summed E-state index contributed by atoms with van der Waals surface area (Å²) in [6.07, 6.45) is -3.67. The quantitative estimate of drug-likeness (QED) is 0.759. The largest absolute Gasteiger partial charge is 0.464 e. The molecule has 0 radical (unpaired) electrons. The number of hydrogen-bond donors (Lipinski definition) is 0. The second-order valence-corrected chi connectivity index (χ2v) is 4.88. The normalized spacial score (nSPS) is 11.4. The van der Waals surface area contributed by atoms with Crippen LogP contribution in [0.4, 0.5) is 13.2 Å². The monoisotopic (exact) mass is 350 g/mol. The molecular formula is C13H7Cl2F3N2O2. The highest BCUT2D eigenvalue weighted by molar-refractivity contribution is 6.34. The van der Waals surface area contributed by atoms with E-state index in [1.54, 1.807) is 0 Å². The maximum atomic E-state index is 12.6. The van der Waals surface area contributed by atoms with Crippen molar-refractivity contribution in [3.05, 3.63) is 45.8 Å². The molecule has 2 aromatic rings. The van der Waals surface area contributed by atoms with Crippen LogP contribution >= 0.6 is 23.2 Å². The summed E-state index contributed by atoms with van der Waals surface area (Å²) < 4.78 is 42.2. The lowest BCUT2D eigenvalue weighted by Crippen LogP contribution is -2.08. The lowest BCUT2D eigenvalue weighted by Gasteiger charge is -2.10. The molecule has 0 bridgehead atoms. The zero-order valence-electron chi connectivity index (χ0n) is 10.9. The fourth-order valence-corrected chi connectivity index (χ4v) is 2.04. The first-order valence-electron chi connectivity index (χ1n) is 5.72. The van der Waals surface area contributed by atoms with Crippen LogP contribution < -0.4 is 0 Å². The minimum Gasteiger partial charge on any atom is -0.464 e. The maximum absolute atomic E-state index is 12.6. The summed E-state index contributed by atoms with van der Waals surface area (Å²) in [5.41, 5.74) is -1.01. The molecule has 0 atom stereocenters. The Balaban J connectivity index is 2.51. The van der Waals surface area contributed by atoms with Gasteiger partial charge in [0.05, 0.1) is 22.8 Å². The summed E-state index contributed by atoms with van der Waals surface area (Å²) in [4.78, 5) is 18.8. The third-order valence-corrected chi connectivity index (χ3v) is 3.26. The summed E-state index contributed by atoms with van der Waals surface area (Å²) in [5.74, 6) is -0.775. The van der Waals surface area contributed by atoms with Crippen LogP contribution in [0.2, 0.25) is 10.0 Å². The van der Waals surface area contributed by atoms with Crippen molar-refractivity contribution in [3.8, 4) is 11.3 Å². The molecule has 0 unspecified atom stereocenters. The minimum absolute atomic E-state index is 0.0478. The average Bonchev–Trinajstić information content (AvgIpc) is 2.46. The number of aromatic nitrogens is 2. The van der Waals surface area contributed by atoms with E-state index in [0.717, 1.165) is 13.3 Å². The molecule has 0 aliphatic carbocycles. The molecule has 0 aliphatic heterocycles. The molecule has 0 N–H and O–H groups in total. The molecule has 0 aliphatic rings. The Morgan fingerprint density at radius 3 is 2.45 bits per heavy atom. The first-order chi connectivity index (χ1) is 10.2. The van der Waals surface area contributed by atoms with Crippen LogP contribution in [0.25, 0.3) is 11.3 Å². The number of esters is 1. The molecule has 0 saturated carbocycles. The number of ether oxygens (including phenoxy) is 1. The number of halogens is 5. The van der Waals surface area contributed by atoms with Crippen molar-refractivity contribution in [1.29, 1.82) is 0 Å². The Labute approximate surface area is 132 Å². The topological polar surface area (TPSA) is 52.1 Å². The highest BCUT2D eigenvalue weighted by atomic mass is 35.5. The van der Waals surface area contributed by atoms with Crippen molar-refractivity contribution in [2.24, 2.45) is 0 Å². The number of carbonyl (C=O) groups is 1. The van der Waals surface area contributed by atoms with Crippen LogP contribution in [-0.4, -0.2) is 23.0 Å². The third-order valence-electron chi connectivity index (χ3n) is 2.64. The lowest BCUT2D eigenvalue weighted by molar-refractivity contribution is -0.141. The zero-order valence-corrected chi connectivity index (χ0v) is 12.4. The Kier molecular flexibility index (Phi) is 4.58. The average molecular weight is 351 g/mol. The standard InChI is InChI=1S/C13H7Cl2F3N2O2/c1-22-12(21)11-7(14)2-3-9(20-11)6-5-19-10(4-8(6)15)13(16,17)18/h2-5H,1H3. The molecule has 9 heteroatoms. The van der Waals surface area contributed by atoms with Gasteiger partial charge in [-0.2, -0.15) is 13.2 Å². The van der Waals surface area contributed by atoms with Gasteiger partial charge in [-0.05, 0) is 18.2 Å². The molecule has 116 valence electrons. The highest BCUT2D eigenvalue weighted by Crippen LogP contribution is 2.33. The molecule has 2 heterocycles. The summed E-state index contributed by atoms with van der Waals surface area (Å²) >= 11 is 11.7.